The van der Waals surface area contributed by atoms with Gasteiger partial charge in [-0.2, -0.15) is 0 Å². The number of pyridine rings is 1. The van der Waals surface area contributed by atoms with Gasteiger partial charge in [0.05, 0.1) is 16.6 Å². The van der Waals surface area contributed by atoms with Crippen LogP contribution in [0.5, 0.6) is 0 Å². The lowest BCUT2D eigenvalue weighted by Crippen LogP contribution is -2.61. The maximum absolute atomic E-state index is 12.2. The van der Waals surface area contributed by atoms with Crippen molar-refractivity contribution in [3.8, 4) is 0 Å². The van der Waals surface area contributed by atoms with Crippen LogP contribution < -0.4 is 0 Å². The van der Waals surface area contributed by atoms with Crippen molar-refractivity contribution >= 4 is 17.7 Å². The number of rotatable bonds is 2. The number of aliphatic hydroxyl groups excluding tert-OH is 1. The van der Waals surface area contributed by atoms with Crippen molar-refractivity contribution in [2.75, 3.05) is 0 Å². The molecule has 0 amide bonds. The zero-order valence-electron chi connectivity index (χ0n) is 17.7. The molecule has 1 heterocycles. The first-order chi connectivity index (χ1) is 14.3. The van der Waals surface area contributed by atoms with Gasteiger partial charge in [-0.1, -0.05) is 42.9 Å². The topological polar surface area (TPSA) is 53.4 Å². The van der Waals surface area contributed by atoms with E-state index in [1.54, 1.807) is 6.20 Å². The van der Waals surface area contributed by atoms with Gasteiger partial charge < -0.3 is 10.2 Å². The minimum absolute atomic E-state index is 0.0701. The number of hydrogen-bond acceptors (Lipinski definition) is 3. The number of aliphatic hydroxyl groups is 2. The van der Waals surface area contributed by atoms with Crippen LogP contribution in [0, 0.1) is 17.3 Å². The lowest BCUT2D eigenvalue weighted by Gasteiger charge is -2.56. The summed E-state index contributed by atoms with van der Waals surface area (Å²) in [4.78, 5) is 3.47. The van der Waals surface area contributed by atoms with Crippen molar-refractivity contribution in [2.24, 2.45) is 17.3 Å². The van der Waals surface area contributed by atoms with Crippen molar-refractivity contribution in [1.82, 2.24) is 4.98 Å². The zero-order chi connectivity index (χ0) is 21.0. The van der Waals surface area contributed by atoms with Gasteiger partial charge in [0, 0.05) is 18.3 Å². The van der Waals surface area contributed by atoms with E-state index in [-0.39, 0.29) is 17.4 Å². The molecule has 2 N–H and O–H groups in total. The van der Waals surface area contributed by atoms with Gasteiger partial charge in [0.25, 0.3) is 0 Å². The number of alkyl halides is 1. The van der Waals surface area contributed by atoms with Gasteiger partial charge in [-0.05, 0) is 79.9 Å². The summed E-state index contributed by atoms with van der Waals surface area (Å²) in [6.07, 6.45) is 19.1. The third-order valence-corrected chi connectivity index (χ3v) is 9.20. The Morgan fingerprint density at radius 3 is 2.83 bits per heavy atom. The van der Waals surface area contributed by atoms with Crippen molar-refractivity contribution in [2.45, 2.75) is 74.9 Å². The van der Waals surface area contributed by atoms with Gasteiger partial charge in [-0.25, -0.2) is 0 Å². The predicted molar refractivity (Wildman–Crippen MR) is 121 cm³/mol. The van der Waals surface area contributed by atoms with Crippen LogP contribution in [-0.4, -0.2) is 31.8 Å². The monoisotopic (exact) mass is 425 g/mol. The molecule has 1 aromatic rings. The normalized spacial score (nSPS) is 43.3. The summed E-state index contributed by atoms with van der Waals surface area (Å²) >= 11 is 7.28. The van der Waals surface area contributed by atoms with Crippen molar-refractivity contribution < 1.29 is 10.2 Å². The Balaban J connectivity index is 1.45. The number of allylic oxidation sites excluding steroid dienone is 3. The zero-order valence-corrected chi connectivity index (χ0v) is 18.5. The molecule has 2 fully saturated rings. The minimum atomic E-state index is -0.919. The van der Waals surface area contributed by atoms with E-state index in [4.69, 9.17) is 11.6 Å². The van der Waals surface area contributed by atoms with Crippen LogP contribution in [0.15, 0.2) is 53.9 Å². The molecule has 2 saturated carbocycles. The second kappa shape index (κ2) is 7.32. The van der Waals surface area contributed by atoms with Crippen LogP contribution in [0.25, 0.3) is 6.08 Å². The molecule has 0 saturated heterocycles. The summed E-state index contributed by atoms with van der Waals surface area (Å²) in [7, 11) is 0. The van der Waals surface area contributed by atoms with E-state index in [1.807, 2.05) is 12.3 Å². The first-order valence-corrected chi connectivity index (χ1v) is 11.8. The third kappa shape index (κ3) is 3.13. The summed E-state index contributed by atoms with van der Waals surface area (Å²) < 4.78 is 0. The summed E-state index contributed by atoms with van der Waals surface area (Å²) in [5.41, 5.74) is 2.70. The molecular formula is C26H32ClNO2. The Hall–Kier alpha value is -1.42. The summed E-state index contributed by atoms with van der Waals surface area (Å²) in [6.45, 7) is 2.31. The van der Waals surface area contributed by atoms with E-state index >= 15 is 0 Å². The maximum Gasteiger partial charge on any atom is 0.0918 e. The van der Waals surface area contributed by atoms with Crippen molar-refractivity contribution in [3.05, 3.63) is 59.5 Å². The van der Waals surface area contributed by atoms with E-state index in [2.05, 4.69) is 42.3 Å². The molecule has 5 rings (SSSR count). The summed E-state index contributed by atoms with van der Waals surface area (Å²) in [5, 5.41) is 22.4. The van der Waals surface area contributed by atoms with Crippen LogP contribution in [0.3, 0.4) is 0 Å². The fourth-order valence-corrected chi connectivity index (χ4v) is 7.20. The molecule has 0 aliphatic heterocycles. The summed E-state index contributed by atoms with van der Waals surface area (Å²) in [5.74, 6) is 0.580. The Kier molecular flexibility index (Phi) is 5.00. The number of hydrogen-bond donors (Lipinski definition) is 2. The highest BCUT2D eigenvalue weighted by molar-refractivity contribution is 6.26. The predicted octanol–water partition coefficient (Wildman–Crippen LogP) is 5.43. The third-order valence-electron chi connectivity index (χ3n) is 8.58. The highest BCUT2D eigenvalue weighted by Gasteiger charge is 2.63. The Morgan fingerprint density at radius 2 is 2.03 bits per heavy atom. The molecule has 4 aliphatic carbocycles. The molecule has 4 aliphatic rings. The fourth-order valence-electron chi connectivity index (χ4n) is 6.74. The fraction of sp³-hybridized carbons (Fsp3) is 0.577. The number of halogens is 1. The molecule has 6 atom stereocenters. The smallest absolute Gasteiger partial charge is 0.0918 e. The number of fused-ring (bicyclic) bond motifs is 4. The van der Waals surface area contributed by atoms with Crippen LogP contribution in [0.4, 0.5) is 0 Å². The molecule has 160 valence electrons. The second-order valence-electron chi connectivity index (χ2n) is 10.2. The van der Waals surface area contributed by atoms with E-state index in [1.165, 1.54) is 11.1 Å². The van der Waals surface area contributed by atoms with E-state index in [0.29, 0.717) is 12.3 Å². The Bertz CT molecular complexity index is 909. The van der Waals surface area contributed by atoms with Crippen LogP contribution >= 0.6 is 11.6 Å². The Labute approximate surface area is 184 Å². The van der Waals surface area contributed by atoms with E-state index in [0.717, 1.165) is 50.5 Å². The first kappa shape index (κ1) is 20.5. The minimum Gasteiger partial charge on any atom is -0.393 e. The number of aromatic nitrogens is 1. The highest BCUT2D eigenvalue weighted by atomic mass is 35.5. The molecule has 30 heavy (non-hydrogen) atoms. The van der Waals surface area contributed by atoms with E-state index in [9.17, 15) is 10.2 Å². The lowest BCUT2D eigenvalue weighted by molar-refractivity contribution is -0.110. The van der Waals surface area contributed by atoms with Gasteiger partial charge in [-0.15, -0.1) is 11.6 Å². The van der Waals surface area contributed by atoms with Crippen LogP contribution in [0.1, 0.15) is 63.9 Å². The largest absolute Gasteiger partial charge is 0.393 e. The molecule has 1 aromatic heterocycles. The average Bonchev–Trinajstić information content (AvgIpc) is 3.02. The maximum atomic E-state index is 12.2. The Morgan fingerprint density at radius 1 is 1.17 bits per heavy atom. The van der Waals surface area contributed by atoms with Gasteiger partial charge in [0.15, 0.2) is 0 Å². The molecule has 0 bridgehead atoms. The van der Waals surface area contributed by atoms with Crippen LogP contribution in [-0.2, 0) is 0 Å². The van der Waals surface area contributed by atoms with Crippen molar-refractivity contribution in [1.29, 1.82) is 0 Å². The molecule has 4 heteroatoms. The standard InChI is InChI=1S/C26H32ClNO2/c1-24-12-13-25(27)16-20-15-22(29)8-5-19(20)10-11-26(25,30)23(24)9-7-21(24)6-4-18-3-2-14-28-17-18/h2-4,6-7,14,16-17,19,22-23,29-30H,5,8-13,15H2,1H3/b6-4+/t19?,22?,23?,24?,25?,26-/m0/s1. The second-order valence-corrected chi connectivity index (χ2v) is 10.8. The highest BCUT2D eigenvalue weighted by Crippen LogP contribution is 2.64. The van der Waals surface area contributed by atoms with Gasteiger partial charge in [-0.3, -0.25) is 4.98 Å². The van der Waals surface area contributed by atoms with Gasteiger partial charge in [0.1, 0.15) is 0 Å². The molecule has 3 nitrogen and oxygen atoms in total. The van der Waals surface area contributed by atoms with E-state index < -0.39 is 10.5 Å². The molecule has 0 aromatic carbocycles. The molecule has 5 unspecified atom stereocenters. The lowest BCUT2D eigenvalue weighted by atomic mass is 9.55. The molecule has 0 radical (unpaired) electrons. The molecule has 0 spiro atoms. The van der Waals surface area contributed by atoms with Gasteiger partial charge >= 0.3 is 0 Å². The average molecular weight is 426 g/mol. The number of nitrogens with zero attached hydrogens (tertiary/aromatic N) is 1. The quantitative estimate of drug-likeness (QED) is 0.490. The van der Waals surface area contributed by atoms with Gasteiger partial charge in [0.2, 0.25) is 0 Å². The first-order valence-electron chi connectivity index (χ1n) is 11.4. The molecular weight excluding hydrogens is 394 g/mol. The van der Waals surface area contributed by atoms with Crippen molar-refractivity contribution in [3.63, 3.8) is 0 Å². The SMILES string of the molecule is CC12CCC3(Cl)C=C4CC(O)CCC4CC[C@]3(O)C1CC=C2/C=C/c1cccnc1. The van der Waals surface area contributed by atoms with Crippen LogP contribution in [0.2, 0.25) is 0 Å². The summed E-state index contributed by atoms with van der Waals surface area (Å²) in [6, 6.07) is 4.01.